The van der Waals surface area contributed by atoms with E-state index >= 15 is 0 Å². The van der Waals surface area contributed by atoms with Gasteiger partial charge in [0.05, 0.1) is 25.1 Å². The summed E-state index contributed by atoms with van der Waals surface area (Å²) in [5, 5.41) is 13.1. The first kappa shape index (κ1) is 14.3. The molecule has 1 aliphatic heterocycles. The second-order valence-corrected chi connectivity index (χ2v) is 5.24. The number of azide groups is 1. The second-order valence-electron chi connectivity index (χ2n) is 5.24. The highest BCUT2D eigenvalue weighted by Gasteiger charge is 2.45. The molecule has 0 radical (unpaired) electrons. The Morgan fingerprint density at radius 1 is 1.59 bits per heavy atom. The number of anilines is 2. The Hall–Kier alpha value is -2.62. The van der Waals surface area contributed by atoms with Crippen LogP contribution in [0.3, 0.4) is 0 Å². The number of aromatic nitrogens is 4. The Balaban J connectivity index is 2.09. The van der Waals surface area contributed by atoms with E-state index in [1.54, 1.807) is 11.5 Å². The highest BCUT2D eigenvalue weighted by molar-refractivity contribution is 5.82. The van der Waals surface area contributed by atoms with Gasteiger partial charge < -0.3 is 21.3 Å². The third-order valence-corrected chi connectivity index (χ3v) is 3.75. The Labute approximate surface area is 124 Å². The van der Waals surface area contributed by atoms with Crippen LogP contribution in [0, 0.1) is 0 Å². The Morgan fingerprint density at radius 2 is 2.36 bits per heavy atom. The molecule has 1 saturated heterocycles. The van der Waals surface area contributed by atoms with Crippen LogP contribution in [0.15, 0.2) is 11.4 Å². The summed E-state index contributed by atoms with van der Waals surface area (Å²) in [5.41, 5.74) is 20.0. The summed E-state index contributed by atoms with van der Waals surface area (Å²) < 4.78 is 7.52. The molecule has 5 N–H and O–H groups in total. The maximum atomic E-state index is 9.40. The summed E-state index contributed by atoms with van der Waals surface area (Å²) in [6.07, 6.45) is 1.27. The van der Waals surface area contributed by atoms with Crippen LogP contribution in [-0.4, -0.2) is 43.4 Å². The Bertz CT molecular complexity index is 768. The lowest BCUT2D eigenvalue weighted by molar-refractivity contribution is -0.0964. The number of fused-ring (bicyclic) bond motifs is 1. The minimum Gasteiger partial charge on any atom is -0.394 e. The number of hydrogen-bond donors (Lipinski definition) is 3. The second kappa shape index (κ2) is 4.98. The van der Waals surface area contributed by atoms with Gasteiger partial charge in [0.25, 0.3) is 0 Å². The molecule has 1 aliphatic rings. The van der Waals surface area contributed by atoms with Crippen molar-refractivity contribution in [2.75, 3.05) is 18.1 Å². The van der Waals surface area contributed by atoms with Gasteiger partial charge in [-0.25, -0.2) is 4.98 Å². The number of hydrogen-bond acceptors (Lipinski definition) is 8. The molecule has 0 unspecified atom stereocenters. The summed E-state index contributed by atoms with van der Waals surface area (Å²) in [5.74, 6) is 0.201. The molecule has 0 aliphatic carbocycles. The van der Waals surface area contributed by atoms with Crippen molar-refractivity contribution in [2.24, 2.45) is 5.11 Å². The van der Waals surface area contributed by atoms with Crippen molar-refractivity contribution >= 4 is 22.9 Å². The van der Waals surface area contributed by atoms with Crippen LogP contribution in [0.5, 0.6) is 0 Å². The van der Waals surface area contributed by atoms with Crippen molar-refractivity contribution in [1.29, 1.82) is 0 Å². The summed E-state index contributed by atoms with van der Waals surface area (Å²) >= 11 is 0. The van der Waals surface area contributed by atoms with Crippen molar-refractivity contribution in [1.82, 2.24) is 19.5 Å². The summed E-state index contributed by atoms with van der Waals surface area (Å²) in [6, 6.07) is -0.492. The predicted octanol–water partition coefficient (Wildman–Crippen LogP) is 0.123. The fourth-order valence-corrected chi connectivity index (χ4v) is 2.75. The molecule has 11 nitrogen and oxygen atoms in total. The molecule has 0 spiro atoms. The van der Waals surface area contributed by atoms with E-state index in [0.29, 0.717) is 17.6 Å². The zero-order valence-electron chi connectivity index (χ0n) is 11.8. The number of rotatable bonds is 3. The molecule has 1 fully saturated rings. The van der Waals surface area contributed by atoms with E-state index in [9.17, 15) is 5.11 Å². The normalized spacial score (nSPS) is 27.9. The summed E-state index contributed by atoms with van der Waals surface area (Å²) in [7, 11) is 0. The quantitative estimate of drug-likeness (QED) is 0.410. The first-order chi connectivity index (χ1) is 10.5. The third-order valence-electron chi connectivity index (χ3n) is 3.75. The lowest BCUT2D eigenvalue weighted by Gasteiger charge is -2.26. The average molecular weight is 305 g/mol. The summed E-state index contributed by atoms with van der Waals surface area (Å²) in [4.78, 5) is 15.0. The van der Waals surface area contributed by atoms with Gasteiger partial charge in [0.1, 0.15) is 11.2 Å². The molecule has 11 heteroatoms. The van der Waals surface area contributed by atoms with Gasteiger partial charge in [-0.05, 0) is 12.5 Å². The fourth-order valence-electron chi connectivity index (χ4n) is 2.75. The molecule has 116 valence electrons. The van der Waals surface area contributed by atoms with Gasteiger partial charge in [0.15, 0.2) is 11.5 Å². The minimum atomic E-state index is -0.895. The van der Waals surface area contributed by atoms with Crippen molar-refractivity contribution in [3.63, 3.8) is 0 Å². The SMILES string of the molecule is C[C@]1(n2cnc3c(N)nc(N)nc32)C[C@H](N=[N+]=[N-])[C@@H](CO)O1. The molecule has 2 aromatic heterocycles. The Morgan fingerprint density at radius 3 is 3.05 bits per heavy atom. The predicted molar refractivity (Wildman–Crippen MR) is 77.3 cm³/mol. The monoisotopic (exact) mass is 305 g/mol. The smallest absolute Gasteiger partial charge is 0.224 e. The van der Waals surface area contributed by atoms with E-state index in [1.807, 2.05) is 0 Å². The molecule has 0 amide bonds. The van der Waals surface area contributed by atoms with Crippen LogP contribution in [0.1, 0.15) is 13.3 Å². The van der Waals surface area contributed by atoms with Gasteiger partial charge >= 0.3 is 0 Å². The molecule has 0 aromatic carbocycles. The van der Waals surface area contributed by atoms with Gasteiger partial charge in [-0.1, -0.05) is 5.11 Å². The number of ether oxygens (including phenoxy) is 1. The Kier molecular flexibility index (Phi) is 3.24. The zero-order chi connectivity index (χ0) is 15.9. The largest absolute Gasteiger partial charge is 0.394 e. The van der Waals surface area contributed by atoms with Crippen LogP contribution < -0.4 is 11.5 Å². The van der Waals surface area contributed by atoms with Gasteiger partial charge in [0.2, 0.25) is 5.95 Å². The van der Waals surface area contributed by atoms with E-state index in [1.165, 1.54) is 6.33 Å². The number of aliphatic hydroxyl groups excluding tert-OH is 1. The van der Waals surface area contributed by atoms with Crippen LogP contribution in [0.2, 0.25) is 0 Å². The zero-order valence-corrected chi connectivity index (χ0v) is 11.8. The standard InChI is InChI=1S/C11H15N9O2/c1-11(2-5(18-19-14)6(3-21)22-11)20-4-15-7-8(12)16-10(13)17-9(7)20/h4-6,21H,2-3H2,1H3,(H4,12,13,16,17)/t5-,6+,11+/m0/s1. The van der Waals surface area contributed by atoms with E-state index in [-0.39, 0.29) is 18.4 Å². The molecule has 3 atom stereocenters. The van der Waals surface area contributed by atoms with Crippen LogP contribution in [-0.2, 0) is 10.5 Å². The summed E-state index contributed by atoms with van der Waals surface area (Å²) in [6.45, 7) is 1.53. The van der Waals surface area contributed by atoms with Gasteiger partial charge in [-0.3, -0.25) is 4.57 Å². The first-order valence-electron chi connectivity index (χ1n) is 6.58. The van der Waals surface area contributed by atoms with E-state index in [2.05, 4.69) is 25.0 Å². The number of nitrogens with two attached hydrogens (primary N) is 2. The van der Waals surface area contributed by atoms with E-state index in [0.717, 1.165) is 0 Å². The average Bonchev–Trinajstić information content (AvgIpc) is 3.01. The maximum absolute atomic E-state index is 9.40. The molecule has 2 aromatic rings. The van der Waals surface area contributed by atoms with Gasteiger partial charge in [0, 0.05) is 11.3 Å². The van der Waals surface area contributed by atoms with Crippen LogP contribution in [0.25, 0.3) is 21.6 Å². The topological polar surface area (TPSA) is 174 Å². The van der Waals surface area contributed by atoms with Crippen molar-refractivity contribution in [3.8, 4) is 0 Å². The molecular weight excluding hydrogens is 290 g/mol. The molecule has 0 saturated carbocycles. The highest BCUT2D eigenvalue weighted by Crippen LogP contribution is 2.38. The van der Waals surface area contributed by atoms with Crippen molar-refractivity contribution in [3.05, 3.63) is 16.8 Å². The lowest BCUT2D eigenvalue weighted by atomic mass is 10.1. The van der Waals surface area contributed by atoms with Crippen LogP contribution >= 0.6 is 0 Å². The molecule has 3 rings (SSSR count). The van der Waals surface area contributed by atoms with Gasteiger partial charge in [-0.15, -0.1) is 0 Å². The van der Waals surface area contributed by atoms with Crippen molar-refractivity contribution in [2.45, 2.75) is 31.2 Å². The van der Waals surface area contributed by atoms with Gasteiger partial charge in [-0.2, -0.15) is 9.97 Å². The lowest BCUT2D eigenvalue weighted by Crippen LogP contribution is -2.30. The molecule has 0 bridgehead atoms. The van der Waals surface area contributed by atoms with Crippen LogP contribution in [0.4, 0.5) is 11.8 Å². The minimum absolute atomic E-state index is 0.0265. The number of aliphatic hydroxyl groups is 1. The third kappa shape index (κ3) is 2.08. The highest BCUT2D eigenvalue weighted by atomic mass is 16.5. The molecule has 3 heterocycles. The number of imidazole rings is 1. The molecular formula is C11H15N9O2. The number of nitrogen functional groups attached to an aromatic ring is 2. The fraction of sp³-hybridized carbons (Fsp3) is 0.545. The maximum Gasteiger partial charge on any atom is 0.224 e. The molecule has 22 heavy (non-hydrogen) atoms. The van der Waals surface area contributed by atoms with E-state index in [4.69, 9.17) is 21.7 Å². The first-order valence-corrected chi connectivity index (χ1v) is 6.58. The number of nitrogens with zero attached hydrogens (tertiary/aromatic N) is 7. The van der Waals surface area contributed by atoms with E-state index < -0.39 is 17.9 Å². The van der Waals surface area contributed by atoms with Crippen molar-refractivity contribution < 1.29 is 9.84 Å².